The van der Waals surface area contributed by atoms with Crippen molar-refractivity contribution in [2.24, 2.45) is 0 Å². The van der Waals surface area contributed by atoms with Gasteiger partial charge < -0.3 is 20.2 Å². The van der Waals surface area contributed by atoms with Crippen LogP contribution in [0.25, 0.3) is 43.6 Å². The second kappa shape index (κ2) is 6.35. The van der Waals surface area contributed by atoms with Gasteiger partial charge in [-0.1, -0.05) is 42.5 Å². The highest BCUT2D eigenvalue weighted by Crippen LogP contribution is 2.31. The maximum atomic E-state index is 9.74. The molecule has 28 heavy (non-hydrogen) atoms. The zero-order valence-corrected chi connectivity index (χ0v) is 15.0. The normalized spacial score (nSPS) is 11.1. The molecule has 0 radical (unpaired) electrons. The van der Waals surface area contributed by atoms with Crippen molar-refractivity contribution < 1.29 is 10.2 Å². The Hall–Kier alpha value is -3.92. The van der Waals surface area contributed by atoms with Crippen molar-refractivity contribution in [1.29, 1.82) is 0 Å². The van der Waals surface area contributed by atoms with E-state index in [0.29, 0.717) is 11.5 Å². The minimum Gasteiger partial charge on any atom is -0.508 e. The second-order valence-corrected chi connectivity index (χ2v) is 6.77. The fraction of sp³-hybridized carbons (Fsp3) is 0. The minimum absolute atomic E-state index is 0.295. The standard InChI is InChI=1S/2C12H9NO/c14-11-7-3-6-10-12(11)8-4-1-2-5-9(8)13-10;14-8-5-6-10-9-3-1-2-4-11(9)13-12(10)7-8/h2*1-7,13-14H. The van der Waals surface area contributed by atoms with E-state index in [1.54, 1.807) is 18.2 Å². The summed E-state index contributed by atoms with van der Waals surface area (Å²) in [6, 6.07) is 27.0. The number of phenols is 2. The molecule has 0 saturated heterocycles. The van der Waals surface area contributed by atoms with E-state index in [1.807, 2.05) is 60.7 Å². The van der Waals surface area contributed by atoms with Crippen molar-refractivity contribution in [3.05, 3.63) is 84.9 Å². The number of aromatic nitrogens is 2. The number of benzene rings is 4. The Balaban J connectivity index is 0.000000122. The van der Waals surface area contributed by atoms with E-state index in [2.05, 4.69) is 16.0 Å². The van der Waals surface area contributed by atoms with Gasteiger partial charge in [-0.3, -0.25) is 0 Å². The van der Waals surface area contributed by atoms with Crippen molar-refractivity contribution >= 4 is 43.6 Å². The summed E-state index contributed by atoms with van der Waals surface area (Å²) >= 11 is 0. The molecule has 0 amide bonds. The molecule has 4 nitrogen and oxygen atoms in total. The van der Waals surface area contributed by atoms with Crippen molar-refractivity contribution in [3.63, 3.8) is 0 Å². The summed E-state index contributed by atoms with van der Waals surface area (Å²) in [6.45, 7) is 0. The van der Waals surface area contributed by atoms with E-state index in [4.69, 9.17) is 0 Å². The van der Waals surface area contributed by atoms with E-state index in [9.17, 15) is 10.2 Å². The van der Waals surface area contributed by atoms with E-state index < -0.39 is 0 Å². The molecule has 6 rings (SSSR count). The maximum Gasteiger partial charge on any atom is 0.125 e. The molecule has 0 aliphatic carbocycles. The summed E-state index contributed by atoms with van der Waals surface area (Å²) < 4.78 is 0. The Morgan fingerprint density at radius 2 is 1.11 bits per heavy atom. The van der Waals surface area contributed by atoms with Crippen LogP contribution >= 0.6 is 0 Å². The predicted octanol–water partition coefficient (Wildman–Crippen LogP) is 6.05. The third kappa shape index (κ3) is 2.63. The lowest BCUT2D eigenvalue weighted by molar-refractivity contribution is 0.476. The highest BCUT2D eigenvalue weighted by atomic mass is 16.3. The zero-order chi connectivity index (χ0) is 19.1. The van der Waals surface area contributed by atoms with Gasteiger partial charge in [0.15, 0.2) is 0 Å². The van der Waals surface area contributed by atoms with Crippen LogP contribution in [0.1, 0.15) is 0 Å². The quantitative estimate of drug-likeness (QED) is 0.264. The second-order valence-electron chi connectivity index (χ2n) is 6.77. The molecule has 2 aromatic heterocycles. The van der Waals surface area contributed by atoms with Crippen molar-refractivity contribution in [1.82, 2.24) is 9.97 Å². The summed E-state index contributed by atoms with van der Waals surface area (Å²) in [4.78, 5) is 6.52. The number of phenolic OH excluding ortho intramolecular Hbond substituents is 2. The molecule has 4 N–H and O–H groups in total. The first-order valence-electron chi connectivity index (χ1n) is 9.08. The van der Waals surface area contributed by atoms with E-state index in [-0.39, 0.29) is 0 Å². The van der Waals surface area contributed by atoms with Gasteiger partial charge in [0, 0.05) is 38.6 Å². The van der Waals surface area contributed by atoms with E-state index in [0.717, 1.165) is 38.2 Å². The number of para-hydroxylation sites is 2. The lowest BCUT2D eigenvalue weighted by Gasteiger charge is -1.93. The molecule has 0 atom stereocenters. The molecule has 0 aliphatic rings. The van der Waals surface area contributed by atoms with Crippen LogP contribution in [0.2, 0.25) is 0 Å². The van der Waals surface area contributed by atoms with Crippen molar-refractivity contribution in [2.45, 2.75) is 0 Å². The number of hydrogen-bond donors (Lipinski definition) is 4. The van der Waals surface area contributed by atoms with Gasteiger partial charge in [-0.15, -0.1) is 0 Å². The van der Waals surface area contributed by atoms with Crippen molar-refractivity contribution in [2.75, 3.05) is 0 Å². The van der Waals surface area contributed by atoms with Crippen LogP contribution in [0.4, 0.5) is 0 Å². The first-order chi connectivity index (χ1) is 13.7. The summed E-state index contributed by atoms with van der Waals surface area (Å²) in [5, 5.41) is 23.4. The van der Waals surface area contributed by atoms with Gasteiger partial charge in [0.05, 0.1) is 11.0 Å². The molecule has 0 aliphatic heterocycles. The Morgan fingerprint density at radius 3 is 1.93 bits per heavy atom. The molecule has 0 saturated carbocycles. The predicted molar refractivity (Wildman–Crippen MR) is 115 cm³/mol. The highest BCUT2D eigenvalue weighted by molar-refractivity contribution is 6.10. The van der Waals surface area contributed by atoms with Gasteiger partial charge in [-0.25, -0.2) is 0 Å². The zero-order valence-electron chi connectivity index (χ0n) is 15.0. The van der Waals surface area contributed by atoms with Gasteiger partial charge in [-0.05, 0) is 36.4 Å². The third-order valence-electron chi connectivity index (χ3n) is 5.00. The Morgan fingerprint density at radius 1 is 0.500 bits per heavy atom. The molecule has 2 heterocycles. The fourth-order valence-electron chi connectivity index (χ4n) is 3.73. The fourth-order valence-corrected chi connectivity index (χ4v) is 3.73. The number of nitrogens with one attached hydrogen (secondary N) is 2. The molecule has 136 valence electrons. The topological polar surface area (TPSA) is 72.0 Å². The monoisotopic (exact) mass is 366 g/mol. The molecule has 6 aromatic rings. The molecule has 0 bridgehead atoms. The number of aromatic hydroxyl groups is 2. The molecule has 4 heteroatoms. The van der Waals surface area contributed by atoms with Gasteiger partial charge >= 0.3 is 0 Å². The number of aromatic amines is 2. The first-order valence-corrected chi connectivity index (χ1v) is 9.08. The average Bonchev–Trinajstić information content (AvgIpc) is 3.26. The molecule has 4 aromatic carbocycles. The Kier molecular flexibility index (Phi) is 3.69. The van der Waals surface area contributed by atoms with Crippen LogP contribution in [0, 0.1) is 0 Å². The number of rotatable bonds is 0. The highest BCUT2D eigenvalue weighted by Gasteiger charge is 2.06. The van der Waals surface area contributed by atoms with Crippen LogP contribution < -0.4 is 0 Å². The molecular weight excluding hydrogens is 348 g/mol. The van der Waals surface area contributed by atoms with Crippen LogP contribution in [0.5, 0.6) is 11.5 Å². The lowest BCUT2D eigenvalue weighted by atomic mass is 10.1. The summed E-state index contributed by atoms with van der Waals surface area (Å²) in [6.07, 6.45) is 0. The molecular formula is C24H18N2O2. The van der Waals surface area contributed by atoms with Crippen LogP contribution in [0.3, 0.4) is 0 Å². The van der Waals surface area contributed by atoms with E-state index in [1.165, 1.54) is 5.39 Å². The average molecular weight is 366 g/mol. The van der Waals surface area contributed by atoms with Crippen molar-refractivity contribution in [3.8, 4) is 11.5 Å². The smallest absolute Gasteiger partial charge is 0.125 e. The van der Waals surface area contributed by atoms with Gasteiger partial charge in [-0.2, -0.15) is 0 Å². The lowest BCUT2D eigenvalue weighted by Crippen LogP contribution is -1.67. The summed E-state index contributed by atoms with van der Waals surface area (Å²) in [5.41, 5.74) is 4.12. The molecule has 0 spiro atoms. The Bertz CT molecular complexity index is 1440. The van der Waals surface area contributed by atoms with Gasteiger partial charge in [0.25, 0.3) is 0 Å². The summed E-state index contributed by atoms with van der Waals surface area (Å²) in [5.74, 6) is 0.629. The van der Waals surface area contributed by atoms with E-state index >= 15 is 0 Å². The number of fused-ring (bicyclic) bond motifs is 6. The van der Waals surface area contributed by atoms with Crippen LogP contribution in [-0.2, 0) is 0 Å². The third-order valence-corrected chi connectivity index (χ3v) is 5.00. The van der Waals surface area contributed by atoms with Crippen LogP contribution in [0.15, 0.2) is 84.9 Å². The maximum absolute atomic E-state index is 9.74. The van der Waals surface area contributed by atoms with Gasteiger partial charge in [0.1, 0.15) is 11.5 Å². The molecule has 0 unspecified atom stereocenters. The summed E-state index contributed by atoms with van der Waals surface area (Å²) in [7, 11) is 0. The number of hydrogen-bond acceptors (Lipinski definition) is 2. The minimum atomic E-state index is 0.295. The largest absolute Gasteiger partial charge is 0.508 e. The Labute approximate surface area is 160 Å². The molecule has 0 fully saturated rings. The van der Waals surface area contributed by atoms with Crippen LogP contribution in [-0.4, -0.2) is 20.2 Å². The SMILES string of the molecule is Oc1ccc2c(c1)[nH]c1ccccc12.Oc1cccc2[nH]c3ccccc3c12. The number of H-pyrrole nitrogens is 2. The first kappa shape index (κ1) is 16.3. The van der Waals surface area contributed by atoms with Gasteiger partial charge in [0.2, 0.25) is 0 Å².